The van der Waals surface area contributed by atoms with Crippen LogP contribution in [0.2, 0.25) is 0 Å². The number of phenolic OH excluding ortho intramolecular Hbond substituents is 2. The number of benzene rings is 2. The highest BCUT2D eigenvalue weighted by Crippen LogP contribution is 2.47. The van der Waals surface area contributed by atoms with Gasteiger partial charge < -0.3 is 27.5 Å². The van der Waals surface area contributed by atoms with Crippen LogP contribution in [0.4, 0.5) is 0 Å². The Morgan fingerprint density at radius 3 is 2.78 bits per heavy atom. The number of quaternary nitrogens is 1. The summed E-state index contributed by atoms with van der Waals surface area (Å²) in [7, 11) is 0. The van der Waals surface area contributed by atoms with Crippen molar-refractivity contribution in [2.75, 3.05) is 13.1 Å². The molecule has 0 radical (unpaired) electrons. The Kier molecular flexibility index (Phi) is 4.09. The SMILES string of the molecule is C=CC[NH+]1CCc2cccc3c2[C@@H]1Cc1ccc(O)c(O)c1-3.[Cl-]. The van der Waals surface area contributed by atoms with Crippen molar-refractivity contribution in [2.45, 2.75) is 18.9 Å². The molecule has 120 valence electrons. The first-order valence-corrected chi connectivity index (χ1v) is 7.82. The summed E-state index contributed by atoms with van der Waals surface area (Å²) in [5, 5.41) is 20.2. The van der Waals surface area contributed by atoms with Crippen LogP contribution in [-0.2, 0) is 12.8 Å². The molecule has 3 nitrogen and oxygen atoms in total. The molecule has 2 aliphatic rings. The molecule has 0 fully saturated rings. The molecular weight excluding hydrogens is 310 g/mol. The van der Waals surface area contributed by atoms with Crippen LogP contribution in [0.3, 0.4) is 0 Å². The molecule has 0 bridgehead atoms. The maximum Gasteiger partial charge on any atom is 0.165 e. The predicted molar refractivity (Wildman–Crippen MR) is 86.3 cm³/mol. The second-order valence-corrected chi connectivity index (χ2v) is 6.25. The summed E-state index contributed by atoms with van der Waals surface area (Å²) < 4.78 is 0. The molecule has 0 aromatic heterocycles. The lowest BCUT2D eigenvalue weighted by molar-refractivity contribution is -0.928. The van der Waals surface area contributed by atoms with Crippen molar-refractivity contribution in [3.05, 3.63) is 59.7 Å². The number of nitrogens with one attached hydrogen (secondary N) is 1. The summed E-state index contributed by atoms with van der Waals surface area (Å²) in [6.07, 6.45) is 3.95. The number of aromatic hydroxyl groups is 2. The highest BCUT2D eigenvalue weighted by molar-refractivity contribution is 5.81. The summed E-state index contributed by atoms with van der Waals surface area (Å²) in [6.45, 7) is 5.97. The van der Waals surface area contributed by atoms with Gasteiger partial charge >= 0.3 is 0 Å². The molecule has 0 amide bonds. The maximum absolute atomic E-state index is 10.4. The van der Waals surface area contributed by atoms with Crippen molar-refractivity contribution in [1.82, 2.24) is 0 Å². The smallest absolute Gasteiger partial charge is 0.165 e. The zero-order chi connectivity index (χ0) is 15.3. The van der Waals surface area contributed by atoms with E-state index in [1.807, 2.05) is 12.1 Å². The third-order valence-electron chi connectivity index (χ3n) is 5.10. The molecule has 23 heavy (non-hydrogen) atoms. The predicted octanol–water partition coefficient (Wildman–Crippen LogP) is -1.01. The average molecular weight is 330 g/mol. The van der Waals surface area contributed by atoms with Gasteiger partial charge in [0.05, 0.1) is 13.1 Å². The van der Waals surface area contributed by atoms with E-state index in [-0.39, 0.29) is 23.9 Å². The Balaban J connectivity index is 0.00000156. The van der Waals surface area contributed by atoms with Gasteiger partial charge in [0.15, 0.2) is 11.5 Å². The highest BCUT2D eigenvalue weighted by atomic mass is 35.5. The van der Waals surface area contributed by atoms with Crippen molar-refractivity contribution in [3.63, 3.8) is 0 Å². The lowest BCUT2D eigenvalue weighted by Crippen LogP contribution is -3.13. The quantitative estimate of drug-likeness (QED) is 0.488. The van der Waals surface area contributed by atoms with E-state index < -0.39 is 0 Å². The third kappa shape index (κ3) is 2.32. The van der Waals surface area contributed by atoms with Crippen molar-refractivity contribution in [1.29, 1.82) is 0 Å². The minimum Gasteiger partial charge on any atom is -1.00 e. The second-order valence-electron chi connectivity index (χ2n) is 6.25. The summed E-state index contributed by atoms with van der Waals surface area (Å²) in [5.41, 5.74) is 5.74. The third-order valence-corrected chi connectivity index (χ3v) is 5.10. The Labute approximate surface area is 142 Å². The molecule has 2 aromatic rings. The van der Waals surface area contributed by atoms with Gasteiger partial charge in [-0.2, -0.15) is 0 Å². The van der Waals surface area contributed by atoms with E-state index >= 15 is 0 Å². The van der Waals surface area contributed by atoms with Gasteiger partial charge in [0.25, 0.3) is 0 Å². The number of halogens is 1. The van der Waals surface area contributed by atoms with Crippen LogP contribution in [0.15, 0.2) is 43.0 Å². The van der Waals surface area contributed by atoms with E-state index in [2.05, 4.69) is 24.8 Å². The van der Waals surface area contributed by atoms with E-state index in [1.54, 1.807) is 6.07 Å². The van der Waals surface area contributed by atoms with E-state index in [9.17, 15) is 10.2 Å². The first-order chi connectivity index (χ1) is 10.7. The van der Waals surface area contributed by atoms with E-state index in [4.69, 9.17) is 0 Å². The Hall–Kier alpha value is -1.97. The van der Waals surface area contributed by atoms with Crippen LogP contribution in [0, 0.1) is 0 Å². The molecular formula is C19H20ClNO2. The summed E-state index contributed by atoms with van der Waals surface area (Å²) >= 11 is 0. The highest BCUT2D eigenvalue weighted by Gasteiger charge is 2.37. The monoisotopic (exact) mass is 329 g/mol. The van der Waals surface area contributed by atoms with E-state index in [0.717, 1.165) is 42.6 Å². The van der Waals surface area contributed by atoms with Crippen molar-refractivity contribution in [3.8, 4) is 22.6 Å². The number of phenols is 2. The lowest BCUT2D eigenvalue weighted by atomic mass is 9.76. The Morgan fingerprint density at radius 2 is 2.00 bits per heavy atom. The van der Waals surface area contributed by atoms with Gasteiger partial charge in [-0.25, -0.2) is 0 Å². The van der Waals surface area contributed by atoms with Crippen LogP contribution in [0.1, 0.15) is 22.7 Å². The van der Waals surface area contributed by atoms with Crippen LogP contribution in [0.25, 0.3) is 11.1 Å². The van der Waals surface area contributed by atoms with Gasteiger partial charge in [0.1, 0.15) is 6.04 Å². The fourth-order valence-corrected chi connectivity index (χ4v) is 4.12. The first kappa shape index (κ1) is 15.9. The molecule has 4 rings (SSSR count). The minimum absolute atomic E-state index is 0. The summed E-state index contributed by atoms with van der Waals surface area (Å²) in [6, 6.07) is 10.3. The molecule has 1 heterocycles. The van der Waals surface area contributed by atoms with Crippen molar-refractivity contribution >= 4 is 0 Å². The molecule has 2 atom stereocenters. The molecule has 0 saturated heterocycles. The van der Waals surface area contributed by atoms with Crippen molar-refractivity contribution in [2.24, 2.45) is 0 Å². The molecule has 4 heteroatoms. The van der Waals surface area contributed by atoms with Crippen molar-refractivity contribution < 1.29 is 27.5 Å². The van der Waals surface area contributed by atoms with Crippen LogP contribution < -0.4 is 17.3 Å². The number of hydrogen-bond donors (Lipinski definition) is 3. The standard InChI is InChI=1S/C19H19NO2.ClH/c1-2-9-20-10-8-12-4-3-5-14-17(12)15(20)11-13-6-7-16(21)19(22)18(13)14;/h2-7,15,21-22H,1,8-11H2;1H/t15-;/m0./s1. The Bertz CT molecular complexity index is 772. The lowest BCUT2D eigenvalue weighted by Gasteiger charge is -2.38. The summed E-state index contributed by atoms with van der Waals surface area (Å²) in [4.78, 5) is 1.54. The van der Waals surface area contributed by atoms with Gasteiger partial charge in [-0.05, 0) is 28.8 Å². The minimum atomic E-state index is -0.0408. The zero-order valence-corrected chi connectivity index (χ0v) is 13.6. The van der Waals surface area contributed by atoms with E-state index in [1.165, 1.54) is 16.0 Å². The number of rotatable bonds is 2. The number of hydrogen-bond acceptors (Lipinski definition) is 2. The Morgan fingerprint density at radius 1 is 1.17 bits per heavy atom. The molecule has 0 spiro atoms. The van der Waals surface area contributed by atoms with Crippen LogP contribution in [-0.4, -0.2) is 23.3 Å². The van der Waals surface area contributed by atoms with Gasteiger partial charge in [-0.1, -0.05) is 30.8 Å². The molecule has 1 unspecified atom stereocenters. The average Bonchev–Trinajstić information content (AvgIpc) is 2.53. The van der Waals surface area contributed by atoms with Crippen LogP contribution in [0.5, 0.6) is 11.5 Å². The number of fused-ring (bicyclic) bond motifs is 2. The van der Waals surface area contributed by atoms with Crippen LogP contribution >= 0.6 is 0 Å². The fourth-order valence-electron chi connectivity index (χ4n) is 4.12. The normalized spacial score (nSPS) is 20.9. The second kappa shape index (κ2) is 5.91. The fraction of sp³-hybridized carbons (Fsp3) is 0.263. The molecule has 3 N–H and O–H groups in total. The van der Waals surface area contributed by atoms with Gasteiger partial charge in [0, 0.05) is 24.0 Å². The molecule has 0 saturated carbocycles. The molecule has 1 aliphatic heterocycles. The van der Waals surface area contributed by atoms with E-state index in [0.29, 0.717) is 6.04 Å². The first-order valence-electron chi connectivity index (χ1n) is 7.82. The zero-order valence-electron chi connectivity index (χ0n) is 12.8. The van der Waals surface area contributed by atoms with Gasteiger partial charge in [-0.15, -0.1) is 0 Å². The topological polar surface area (TPSA) is 44.9 Å². The van der Waals surface area contributed by atoms with Gasteiger partial charge in [0.2, 0.25) is 0 Å². The molecule has 1 aliphatic carbocycles. The van der Waals surface area contributed by atoms with Gasteiger partial charge in [-0.3, -0.25) is 0 Å². The molecule has 2 aromatic carbocycles. The largest absolute Gasteiger partial charge is 1.00 e. The summed E-state index contributed by atoms with van der Waals surface area (Å²) in [5.74, 6) is -0.0268. The maximum atomic E-state index is 10.4.